The quantitative estimate of drug-likeness (QED) is 0.337. The Bertz CT molecular complexity index is 1510. The molecule has 11 nitrogen and oxygen atoms in total. The summed E-state index contributed by atoms with van der Waals surface area (Å²) in [5.74, 6) is 1.51. The fraction of sp³-hybridized carbons (Fsp3) is 0.382. The molecule has 238 valence electrons. The molecule has 2 aliphatic heterocycles. The first-order valence-corrected chi connectivity index (χ1v) is 15.1. The van der Waals surface area contributed by atoms with E-state index in [1.165, 1.54) is 9.91 Å². The van der Waals surface area contributed by atoms with Gasteiger partial charge in [0.15, 0.2) is 0 Å². The van der Waals surface area contributed by atoms with Gasteiger partial charge in [-0.05, 0) is 36.8 Å². The average molecular weight is 616 g/mol. The van der Waals surface area contributed by atoms with Crippen molar-refractivity contribution in [3.8, 4) is 17.2 Å². The number of methoxy groups -OCH3 is 3. The molecule has 0 saturated carbocycles. The van der Waals surface area contributed by atoms with E-state index in [0.29, 0.717) is 61.4 Å². The van der Waals surface area contributed by atoms with Crippen LogP contribution >= 0.6 is 0 Å². The van der Waals surface area contributed by atoms with Gasteiger partial charge in [0.1, 0.15) is 23.8 Å². The molecule has 0 spiro atoms. The minimum absolute atomic E-state index is 0.162. The molecule has 3 amide bonds. The predicted molar refractivity (Wildman–Crippen MR) is 172 cm³/mol. The van der Waals surface area contributed by atoms with Gasteiger partial charge in [0, 0.05) is 44.2 Å². The van der Waals surface area contributed by atoms with E-state index in [9.17, 15) is 9.59 Å². The molecule has 45 heavy (non-hydrogen) atoms. The van der Waals surface area contributed by atoms with Gasteiger partial charge in [-0.15, -0.1) is 0 Å². The molecule has 2 heterocycles. The molecule has 0 aromatic heterocycles. The van der Waals surface area contributed by atoms with E-state index < -0.39 is 6.03 Å². The first-order chi connectivity index (χ1) is 21.9. The Labute approximate surface area is 264 Å². The predicted octanol–water partition coefficient (Wildman–Crippen LogP) is 4.56. The van der Waals surface area contributed by atoms with E-state index in [0.717, 1.165) is 29.8 Å². The summed E-state index contributed by atoms with van der Waals surface area (Å²) in [7, 11) is 4.75. The number of para-hydroxylation sites is 2. The highest BCUT2D eigenvalue weighted by Gasteiger charge is 2.35. The van der Waals surface area contributed by atoms with Gasteiger partial charge in [-0.3, -0.25) is 9.69 Å². The minimum atomic E-state index is -0.395. The Balaban J connectivity index is 1.43. The summed E-state index contributed by atoms with van der Waals surface area (Å²) in [4.78, 5) is 31.6. The number of carbonyl (C=O) groups excluding carboxylic acids is 2. The van der Waals surface area contributed by atoms with Crippen LogP contribution < -0.4 is 19.5 Å². The van der Waals surface area contributed by atoms with Gasteiger partial charge in [-0.2, -0.15) is 5.10 Å². The second kappa shape index (κ2) is 14.9. The molecule has 1 N–H and O–H groups in total. The zero-order chi connectivity index (χ0) is 31.8. The summed E-state index contributed by atoms with van der Waals surface area (Å²) in [5, 5.41) is 9.30. The second-order valence-electron chi connectivity index (χ2n) is 11.0. The van der Waals surface area contributed by atoms with E-state index in [1.807, 2.05) is 55.5 Å². The zero-order valence-corrected chi connectivity index (χ0v) is 26.3. The van der Waals surface area contributed by atoms with Crippen LogP contribution in [0, 0.1) is 6.92 Å². The van der Waals surface area contributed by atoms with Gasteiger partial charge in [-0.25, -0.2) is 9.80 Å². The first-order valence-electron chi connectivity index (χ1n) is 15.1. The third-order valence-corrected chi connectivity index (χ3v) is 8.10. The SMILES string of the molecule is COc1ccc(C2=NN(C(=O)CN(CCN3CCOCC3)C(=O)Nc3ccccc3OC)C(c3ccc(C)cc3)C2)c(OC)c1. The van der Waals surface area contributed by atoms with Gasteiger partial charge < -0.3 is 29.2 Å². The molecule has 1 atom stereocenters. The van der Waals surface area contributed by atoms with Crippen LogP contribution in [0.1, 0.15) is 29.2 Å². The lowest BCUT2D eigenvalue weighted by Crippen LogP contribution is -2.47. The number of carbonyl (C=O) groups is 2. The number of nitrogens with one attached hydrogen (secondary N) is 1. The van der Waals surface area contributed by atoms with Crippen molar-refractivity contribution in [2.45, 2.75) is 19.4 Å². The van der Waals surface area contributed by atoms with Crippen LogP contribution in [-0.2, 0) is 9.53 Å². The molecule has 0 radical (unpaired) electrons. The average Bonchev–Trinajstić information content (AvgIpc) is 3.52. The van der Waals surface area contributed by atoms with Crippen molar-refractivity contribution in [2.75, 3.05) is 72.6 Å². The number of morpholine rings is 1. The highest BCUT2D eigenvalue weighted by Crippen LogP contribution is 2.36. The van der Waals surface area contributed by atoms with E-state index in [1.54, 1.807) is 39.5 Å². The molecule has 2 aliphatic rings. The van der Waals surface area contributed by atoms with E-state index >= 15 is 0 Å². The normalized spacial score (nSPS) is 16.6. The van der Waals surface area contributed by atoms with E-state index in [-0.39, 0.29) is 18.5 Å². The van der Waals surface area contributed by atoms with Gasteiger partial charge >= 0.3 is 6.03 Å². The number of hydrazone groups is 1. The maximum atomic E-state index is 14.2. The van der Waals surface area contributed by atoms with Crippen LogP contribution in [-0.4, -0.2) is 99.7 Å². The monoisotopic (exact) mass is 615 g/mol. The molecule has 0 aliphatic carbocycles. The number of benzene rings is 3. The number of hydrogen-bond donors (Lipinski definition) is 1. The smallest absolute Gasteiger partial charge is 0.322 e. The lowest BCUT2D eigenvalue weighted by atomic mass is 9.97. The molecule has 1 fully saturated rings. The molecule has 5 rings (SSSR count). The molecule has 11 heteroatoms. The number of hydrogen-bond acceptors (Lipinski definition) is 8. The Morgan fingerprint density at radius 2 is 1.69 bits per heavy atom. The van der Waals surface area contributed by atoms with Crippen LogP contribution in [0.3, 0.4) is 0 Å². The molecule has 3 aromatic rings. The summed E-state index contributed by atoms with van der Waals surface area (Å²) >= 11 is 0. The van der Waals surface area contributed by atoms with Crippen LogP contribution in [0.25, 0.3) is 0 Å². The highest BCUT2D eigenvalue weighted by molar-refractivity contribution is 6.05. The molecule has 0 bridgehead atoms. The Kier molecular flexibility index (Phi) is 10.5. The van der Waals surface area contributed by atoms with Crippen molar-refractivity contribution >= 4 is 23.3 Å². The van der Waals surface area contributed by atoms with E-state index in [2.05, 4.69) is 10.2 Å². The van der Waals surface area contributed by atoms with Gasteiger partial charge in [0.25, 0.3) is 5.91 Å². The number of amides is 3. The number of aryl methyl sites for hydroxylation is 1. The fourth-order valence-corrected chi connectivity index (χ4v) is 5.51. The van der Waals surface area contributed by atoms with Crippen molar-refractivity contribution in [2.24, 2.45) is 5.10 Å². The summed E-state index contributed by atoms with van der Waals surface area (Å²) in [6.07, 6.45) is 0.485. The maximum Gasteiger partial charge on any atom is 0.322 e. The summed E-state index contributed by atoms with van der Waals surface area (Å²) in [6.45, 7) is 5.65. The molecule has 1 saturated heterocycles. The lowest BCUT2D eigenvalue weighted by molar-refractivity contribution is -0.133. The number of ether oxygens (including phenoxy) is 4. The van der Waals surface area contributed by atoms with Crippen LogP contribution in [0.2, 0.25) is 0 Å². The Morgan fingerprint density at radius 1 is 0.956 bits per heavy atom. The largest absolute Gasteiger partial charge is 0.497 e. The summed E-state index contributed by atoms with van der Waals surface area (Å²) in [6, 6.07) is 20.1. The highest BCUT2D eigenvalue weighted by atomic mass is 16.5. The number of urea groups is 1. The van der Waals surface area contributed by atoms with Crippen LogP contribution in [0.15, 0.2) is 71.8 Å². The molecule has 3 aromatic carbocycles. The van der Waals surface area contributed by atoms with Gasteiger partial charge in [-0.1, -0.05) is 42.0 Å². The van der Waals surface area contributed by atoms with Crippen molar-refractivity contribution in [1.29, 1.82) is 0 Å². The lowest BCUT2D eigenvalue weighted by Gasteiger charge is -2.31. The Hall–Kier alpha value is -4.61. The third kappa shape index (κ3) is 7.73. The van der Waals surface area contributed by atoms with Crippen LogP contribution in [0.5, 0.6) is 17.2 Å². The van der Waals surface area contributed by atoms with Gasteiger partial charge in [0.05, 0.1) is 52.0 Å². The van der Waals surface area contributed by atoms with Crippen molar-refractivity contribution < 1.29 is 28.5 Å². The van der Waals surface area contributed by atoms with Crippen LogP contribution in [0.4, 0.5) is 10.5 Å². The zero-order valence-electron chi connectivity index (χ0n) is 26.3. The molecular formula is C34H41N5O6. The standard InChI is InChI=1S/C34H41N5O6/c1-24-9-11-25(12-10-24)30-22-29(27-14-13-26(42-2)21-32(27)44-4)36-39(30)33(40)23-38(16-15-37-17-19-45-20-18-37)34(41)35-28-7-5-6-8-31(28)43-3/h5-14,21,30H,15-20,22-23H2,1-4H3,(H,35,41). The maximum absolute atomic E-state index is 14.2. The topological polar surface area (TPSA) is 105 Å². The van der Waals surface area contributed by atoms with Gasteiger partial charge in [0.2, 0.25) is 0 Å². The molecule has 1 unspecified atom stereocenters. The fourth-order valence-electron chi connectivity index (χ4n) is 5.51. The van der Waals surface area contributed by atoms with E-state index in [4.69, 9.17) is 24.0 Å². The summed E-state index contributed by atoms with van der Waals surface area (Å²) < 4.78 is 22.0. The number of anilines is 1. The van der Waals surface area contributed by atoms with Crippen molar-refractivity contribution in [3.63, 3.8) is 0 Å². The molecular weight excluding hydrogens is 574 g/mol. The second-order valence-corrected chi connectivity index (χ2v) is 11.0. The van der Waals surface area contributed by atoms with Crippen molar-refractivity contribution in [3.05, 3.63) is 83.4 Å². The van der Waals surface area contributed by atoms with Crippen molar-refractivity contribution in [1.82, 2.24) is 14.8 Å². The first kappa shape index (κ1) is 31.8. The summed E-state index contributed by atoms with van der Waals surface area (Å²) in [5.41, 5.74) is 4.10. The number of rotatable bonds is 11. The number of nitrogens with zero attached hydrogens (tertiary/aromatic N) is 4. The minimum Gasteiger partial charge on any atom is -0.497 e. The Morgan fingerprint density at radius 3 is 2.40 bits per heavy atom. The third-order valence-electron chi connectivity index (χ3n) is 8.10.